The first-order chi connectivity index (χ1) is 6.86. The summed E-state index contributed by atoms with van der Waals surface area (Å²) >= 11 is 0. The summed E-state index contributed by atoms with van der Waals surface area (Å²) in [6, 6.07) is 0. The van der Waals surface area contributed by atoms with Gasteiger partial charge in [-0.05, 0) is 12.8 Å². The summed E-state index contributed by atoms with van der Waals surface area (Å²) in [5.41, 5.74) is -1.94. The molecule has 15 heavy (non-hydrogen) atoms. The lowest BCUT2D eigenvalue weighted by Gasteiger charge is -2.15. The van der Waals surface area contributed by atoms with Crippen molar-refractivity contribution in [2.75, 3.05) is 6.54 Å². The van der Waals surface area contributed by atoms with Crippen LogP contribution in [0.4, 0.5) is 13.2 Å². The minimum absolute atomic E-state index is 0.0272. The molecule has 2 aliphatic rings. The average molecular weight is 219 g/mol. The highest BCUT2D eigenvalue weighted by atomic mass is 19.4. The molecular formula is C9H8F3NO2. The Bertz CT molecular complexity index is 373. The van der Waals surface area contributed by atoms with E-state index >= 15 is 0 Å². The number of hydrogen-bond acceptors (Lipinski definition) is 2. The summed E-state index contributed by atoms with van der Waals surface area (Å²) in [5, 5.41) is 8.72. The molecule has 3 nitrogen and oxygen atoms in total. The van der Waals surface area contributed by atoms with Crippen LogP contribution < -0.4 is 0 Å². The smallest absolute Gasteiger partial charge is 0.397 e. The van der Waals surface area contributed by atoms with E-state index in [0.29, 0.717) is 0 Å². The number of carbonyl (C=O) groups is 1. The van der Waals surface area contributed by atoms with Crippen LogP contribution in [0.3, 0.4) is 0 Å². The molecule has 0 unspecified atom stereocenters. The van der Waals surface area contributed by atoms with Crippen molar-refractivity contribution in [3.8, 4) is 0 Å². The van der Waals surface area contributed by atoms with Gasteiger partial charge in [0, 0.05) is 0 Å². The topological polar surface area (TPSA) is 49.7 Å². The summed E-state index contributed by atoms with van der Waals surface area (Å²) in [4.78, 5) is 14.3. The van der Waals surface area contributed by atoms with Gasteiger partial charge in [0.1, 0.15) is 0 Å². The molecule has 0 saturated heterocycles. The zero-order chi connectivity index (χ0) is 11.3. The minimum Gasteiger partial charge on any atom is -0.478 e. The largest absolute Gasteiger partial charge is 0.478 e. The van der Waals surface area contributed by atoms with E-state index in [1.165, 1.54) is 0 Å². The van der Waals surface area contributed by atoms with Gasteiger partial charge in [0.25, 0.3) is 0 Å². The molecule has 0 bridgehead atoms. The Kier molecular flexibility index (Phi) is 1.93. The van der Waals surface area contributed by atoms with Gasteiger partial charge in [0.2, 0.25) is 0 Å². The van der Waals surface area contributed by atoms with Crippen LogP contribution in [0.25, 0.3) is 0 Å². The fourth-order valence-electron chi connectivity index (χ4n) is 1.40. The first-order valence-corrected chi connectivity index (χ1v) is 4.42. The fourth-order valence-corrected chi connectivity index (χ4v) is 1.40. The van der Waals surface area contributed by atoms with Gasteiger partial charge in [0.15, 0.2) is 0 Å². The zero-order valence-corrected chi connectivity index (χ0v) is 7.64. The molecule has 0 atom stereocenters. The second-order valence-electron chi connectivity index (χ2n) is 3.78. The molecular weight excluding hydrogens is 211 g/mol. The summed E-state index contributed by atoms with van der Waals surface area (Å²) in [7, 11) is 0. The molecule has 1 N–H and O–H groups in total. The van der Waals surface area contributed by atoms with Crippen molar-refractivity contribution in [1.29, 1.82) is 0 Å². The number of aliphatic carboxylic acids is 1. The van der Waals surface area contributed by atoms with Crippen LogP contribution in [0.1, 0.15) is 12.8 Å². The zero-order valence-electron chi connectivity index (χ0n) is 7.64. The molecule has 1 heterocycles. The third-order valence-electron chi connectivity index (χ3n) is 2.63. The van der Waals surface area contributed by atoms with Gasteiger partial charge in [-0.3, -0.25) is 4.99 Å². The Morgan fingerprint density at radius 1 is 1.47 bits per heavy atom. The minimum atomic E-state index is -4.36. The predicted octanol–water partition coefficient (Wildman–Crippen LogP) is 1.79. The van der Waals surface area contributed by atoms with Gasteiger partial charge in [-0.1, -0.05) is 6.08 Å². The number of nitrogens with zero attached hydrogens (tertiary/aromatic N) is 1. The van der Waals surface area contributed by atoms with Crippen molar-refractivity contribution in [3.05, 3.63) is 11.6 Å². The molecule has 1 saturated carbocycles. The van der Waals surface area contributed by atoms with Crippen LogP contribution in [0.5, 0.6) is 0 Å². The quantitative estimate of drug-likeness (QED) is 0.735. The highest BCUT2D eigenvalue weighted by molar-refractivity contribution is 6.25. The molecule has 82 valence electrons. The van der Waals surface area contributed by atoms with Gasteiger partial charge in [-0.15, -0.1) is 0 Å². The highest BCUT2D eigenvalue weighted by Gasteiger charge is 2.62. The average Bonchev–Trinajstić information content (AvgIpc) is 2.94. The lowest BCUT2D eigenvalue weighted by molar-refractivity contribution is -0.172. The van der Waals surface area contributed by atoms with E-state index in [2.05, 4.69) is 4.99 Å². The van der Waals surface area contributed by atoms with Gasteiger partial charge in [-0.25, -0.2) is 4.79 Å². The number of rotatable bonds is 3. The van der Waals surface area contributed by atoms with Crippen LogP contribution >= 0.6 is 0 Å². The van der Waals surface area contributed by atoms with Crippen molar-refractivity contribution in [2.24, 2.45) is 10.4 Å². The lowest BCUT2D eigenvalue weighted by Crippen LogP contribution is -2.24. The van der Waals surface area contributed by atoms with E-state index in [-0.39, 0.29) is 30.7 Å². The van der Waals surface area contributed by atoms with E-state index in [1.54, 1.807) is 0 Å². The SMILES string of the molecule is O=C(O)/C(=C/C1(C(F)(F)F)CC1)C1=NC1. The monoisotopic (exact) mass is 219 g/mol. The molecule has 0 amide bonds. The number of halogens is 3. The Morgan fingerprint density at radius 2 is 2.00 bits per heavy atom. The number of alkyl halides is 3. The van der Waals surface area contributed by atoms with Gasteiger partial charge >= 0.3 is 12.1 Å². The van der Waals surface area contributed by atoms with Crippen molar-refractivity contribution in [2.45, 2.75) is 19.0 Å². The maximum Gasteiger partial charge on any atom is 0.397 e. The van der Waals surface area contributed by atoms with E-state index in [0.717, 1.165) is 6.08 Å². The number of aliphatic imine (C=N–C) groups is 1. The molecule has 6 heteroatoms. The van der Waals surface area contributed by atoms with Crippen LogP contribution in [0, 0.1) is 5.41 Å². The first-order valence-electron chi connectivity index (χ1n) is 4.42. The Balaban J connectivity index is 2.28. The molecule has 2 rings (SSSR count). The summed E-state index contributed by atoms with van der Waals surface area (Å²) in [6.45, 7) is 0.242. The van der Waals surface area contributed by atoms with Crippen LogP contribution in [0.15, 0.2) is 16.6 Å². The lowest BCUT2D eigenvalue weighted by atomic mass is 10.0. The third kappa shape index (κ3) is 1.75. The summed E-state index contributed by atoms with van der Waals surface area (Å²) < 4.78 is 37.6. The first kappa shape index (κ1) is 10.2. The molecule has 0 aromatic carbocycles. The molecule has 0 radical (unpaired) electrons. The van der Waals surface area contributed by atoms with Crippen molar-refractivity contribution < 1.29 is 23.1 Å². The van der Waals surface area contributed by atoms with Gasteiger partial charge in [-0.2, -0.15) is 13.2 Å². The fraction of sp³-hybridized carbons (Fsp3) is 0.556. The van der Waals surface area contributed by atoms with Crippen molar-refractivity contribution >= 4 is 11.7 Å². The Labute approximate surface area is 83.3 Å². The Hall–Kier alpha value is -1.33. The highest BCUT2D eigenvalue weighted by Crippen LogP contribution is 2.59. The molecule has 0 spiro atoms. The van der Waals surface area contributed by atoms with Crippen LogP contribution in [-0.4, -0.2) is 29.5 Å². The number of carboxylic acid groups (broad SMARTS) is 1. The summed E-state index contributed by atoms with van der Waals surface area (Å²) in [6.07, 6.45) is -3.59. The second kappa shape index (κ2) is 2.84. The van der Waals surface area contributed by atoms with Gasteiger partial charge < -0.3 is 5.11 Å². The van der Waals surface area contributed by atoms with E-state index in [9.17, 15) is 18.0 Å². The number of carboxylic acids is 1. The molecule has 0 aromatic rings. The molecule has 0 aromatic heterocycles. The maximum absolute atomic E-state index is 12.5. The van der Waals surface area contributed by atoms with E-state index < -0.39 is 17.6 Å². The molecule has 1 aliphatic heterocycles. The third-order valence-corrected chi connectivity index (χ3v) is 2.63. The van der Waals surface area contributed by atoms with Crippen molar-refractivity contribution in [3.63, 3.8) is 0 Å². The van der Waals surface area contributed by atoms with Crippen LogP contribution in [0.2, 0.25) is 0 Å². The number of hydrogen-bond donors (Lipinski definition) is 1. The number of allylic oxidation sites excluding steroid dienone is 1. The normalized spacial score (nSPS) is 23.4. The Morgan fingerprint density at radius 3 is 2.27 bits per heavy atom. The maximum atomic E-state index is 12.5. The summed E-state index contributed by atoms with van der Waals surface area (Å²) in [5.74, 6) is -1.33. The standard InChI is InChI=1S/C9H8F3NO2/c10-9(11,12)8(1-2-8)3-5(7(14)15)6-4-13-6/h3H,1-2,4H2,(H,14,15)/b5-3+. The second-order valence-corrected chi connectivity index (χ2v) is 3.78. The van der Waals surface area contributed by atoms with Gasteiger partial charge in [0.05, 0.1) is 23.2 Å². The van der Waals surface area contributed by atoms with Crippen LogP contribution in [-0.2, 0) is 4.79 Å². The van der Waals surface area contributed by atoms with E-state index in [4.69, 9.17) is 5.11 Å². The predicted molar refractivity (Wildman–Crippen MR) is 45.7 cm³/mol. The van der Waals surface area contributed by atoms with E-state index in [1.807, 2.05) is 0 Å². The molecule has 1 aliphatic carbocycles. The molecule has 1 fully saturated rings. The van der Waals surface area contributed by atoms with Crippen molar-refractivity contribution in [1.82, 2.24) is 0 Å².